The number of nitroso groups, excluding NO2 is 1. The molecule has 0 saturated carbocycles. The largest absolute Gasteiger partial charge is 0.490 e. The van der Waals surface area contributed by atoms with Crippen molar-refractivity contribution in [1.29, 1.82) is 0 Å². The summed E-state index contributed by atoms with van der Waals surface area (Å²) < 4.78 is 19.6. The molecule has 0 spiro atoms. The summed E-state index contributed by atoms with van der Waals surface area (Å²) >= 11 is 1.95. The Kier molecular flexibility index (Phi) is 3.95. The molecule has 0 radical (unpaired) electrons. The van der Waals surface area contributed by atoms with Crippen LogP contribution in [0, 0.1) is 14.6 Å². The van der Waals surface area contributed by atoms with Crippen molar-refractivity contribution in [2.24, 2.45) is 5.18 Å². The molecule has 3 rings (SSSR count). The summed E-state index contributed by atoms with van der Waals surface area (Å²) in [5, 5.41) is 6.03. The second kappa shape index (κ2) is 5.88. The highest BCUT2D eigenvalue weighted by atomic mass is 127. The minimum absolute atomic E-state index is 0.125. The molecule has 1 aliphatic rings. The van der Waals surface area contributed by atoms with Crippen LogP contribution in [0.1, 0.15) is 18.0 Å². The van der Waals surface area contributed by atoms with Crippen molar-refractivity contribution in [3.8, 4) is 5.75 Å². The number of ether oxygens (including phenoxy) is 1. The first kappa shape index (κ1) is 14.1. The average Bonchev–Trinajstić information content (AvgIpc) is 2.49. The highest BCUT2D eigenvalue weighted by molar-refractivity contribution is 14.1. The van der Waals surface area contributed by atoms with Gasteiger partial charge >= 0.3 is 0 Å². The van der Waals surface area contributed by atoms with Crippen LogP contribution in [0.2, 0.25) is 0 Å². The maximum absolute atomic E-state index is 13.7. The van der Waals surface area contributed by atoms with Gasteiger partial charge in [0.15, 0.2) is 26.9 Å². The van der Waals surface area contributed by atoms with Crippen LogP contribution in [0.15, 0.2) is 29.6 Å². The number of benzene rings is 1. The van der Waals surface area contributed by atoms with Crippen molar-refractivity contribution in [1.82, 2.24) is 9.97 Å². The third-order valence-electron chi connectivity index (χ3n) is 3.18. The molecule has 1 N–H and O–H groups in total. The molecule has 0 saturated heterocycles. The number of hydrogen-bond donors (Lipinski definition) is 1. The number of para-hydroxylation sites is 1. The molecule has 1 aromatic carbocycles. The van der Waals surface area contributed by atoms with Gasteiger partial charge in [-0.3, -0.25) is 0 Å². The highest BCUT2D eigenvalue weighted by Crippen LogP contribution is 2.37. The van der Waals surface area contributed by atoms with E-state index < -0.39 is 5.82 Å². The number of nitrogens with one attached hydrogen (secondary N) is 1. The standard InChI is InChI=1S/C13H10FIN4O2/c14-8-3-1-2-7-9(4-5-21-11(7)8)17-12-10(19-20)6-16-13(15)18-12/h1-3,6,9H,4-5H2,(H,16,17,18)/t9-/m1/s1. The maximum atomic E-state index is 13.7. The molecule has 21 heavy (non-hydrogen) atoms. The van der Waals surface area contributed by atoms with E-state index in [-0.39, 0.29) is 17.5 Å². The van der Waals surface area contributed by atoms with Crippen molar-refractivity contribution >= 4 is 34.1 Å². The molecule has 1 aliphatic heterocycles. The Bertz CT molecular complexity index is 698. The fourth-order valence-corrected chi connectivity index (χ4v) is 2.61. The summed E-state index contributed by atoms with van der Waals surface area (Å²) in [5.74, 6) is 0.183. The smallest absolute Gasteiger partial charge is 0.192 e. The molecule has 8 heteroatoms. The molecule has 0 unspecified atom stereocenters. The van der Waals surface area contributed by atoms with E-state index in [2.05, 4.69) is 20.5 Å². The highest BCUT2D eigenvalue weighted by Gasteiger charge is 2.25. The second-order valence-electron chi connectivity index (χ2n) is 4.46. The number of aromatic nitrogens is 2. The molecule has 0 amide bonds. The topological polar surface area (TPSA) is 76.5 Å². The first-order valence-corrected chi connectivity index (χ1v) is 7.30. The lowest BCUT2D eigenvalue weighted by Gasteiger charge is -2.27. The Balaban J connectivity index is 1.96. The predicted octanol–water partition coefficient (Wildman–Crippen LogP) is 3.55. The van der Waals surface area contributed by atoms with Gasteiger partial charge in [-0.1, -0.05) is 12.1 Å². The molecule has 0 aliphatic carbocycles. The fraction of sp³-hybridized carbons (Fsp3) is 0.231. The average molecular weight is 400 g/mol. The minimum atomic E-state index is -0.398. The molecule has 0 fully saturated rings. The summed E-state index contributed by atoms with van der Waals surface area (Å²) in [6.07, 6.45) is 1.99. The monoisotopic (exact) mass is 400 g/mol. The van der Waals surface area contributed by atoms with Gasteiger partial charge in [-0.2, -0.15) is 0 Å². The van der Waals surface area contributed by atoms with Gasteiger partial charge in [0.25, 0.3) is 0 Å². The van der Waals surface area contributed by atoms with Crippen molar-refractivity contribution in [2.45, 2.75) is 12.5 Å². The molecule has 2 aromatic rings. The number of nitrogens with zero attached hydrogens (tertiary/aromatic N) is 3. The van der Waals surface area contributed by atoms with Gasteiger partial charge in [0.1, 0.15) is 0 Å². The zero-order valence-electron chi connectivity index (χ0n) is 10.7. The number of fused-ring (bicyclic) bond motifs is 1. The van der Waals surface area contributed by atoms with Gasteiger partial charge in [0.05, 0.1) is 18.8 Å². The summed E-state index contributed by atoms with van der Waals surface area (Å²) in [4.78, 5) is 18.9. The summed E-state index contributed by atoms with van der Waals surface area (Å²) in [5.41, 5.74) is 0.826. The van der Waals surface area contributed by atoms with Gasteiger partial charge < -0.3 is 10.1 Å². The van der Waals surface area contributed by atoms with Crippen LogP contribution in [0.5, 0.6) is 5.75 Å². The molecule has 6 nitrogen and oxygen atoms in total. The van der Waals surface area contributed by atoms with Gasteiger partial charge in [0, 0.05) is 34.6 Å². The zero-order valence-corrected chi connectivity index (χ0v) is 12.9. The van der Waals surface area contributed by atoms with Crippen molar-refractivity contribution in [2.75, 3.05) is 11.9 Å². The molecule has 0 bridgehead atoms. The summed E-state index contributed by atoms with van der Waals surface area (Å²) in [7, 11) is 0. The van der Waals surface area contributed by atoms with E-state index >= 15 is 0 Å². The van der Waals surface area contributed by atoms with E-state index in [4.69, 9.17) is 4.74 Å². The van der Waals surface area contributed by atoms with Crippen molar-refractivity contribution in [3.05, 3.63) is 44.5 Å². The SMILES string of the molecule is O=Nc1cnc(I)nc1N[C@@H]1CCOc2c(F)cccc21. The van der Waals surface area contributed by atoms with Gasteiger partial charge in [-0.05, 0) is 11.2 Å². The van der Waals surface area contributed by atoms with E-state index in [1.165, 1.54) is 12.3 Å². The maximum Gasteiger partial charge on any atom is 0.192 e. The Hall–Kier alpha value is -1.84. The Morgan fingerprint density at radius 1 is 1.48 bits per heavy atom. The molecule has 2 heterocycles. The number of anilines is 1. The van der Waals surface area contributed by atoms with Crippen LogP contribution in [-0.2, 0) is 0 Å². The summed E-state index contributed by atoms with van der Waals surface area (Å²) in [6, 6.07) is 4.57. The van der Waals surface area contributed by atoms with Gasteiger partial charge in [-0.25, -0.2) is 14.4 Å². The zero-order chi connectivity index (χ0) is 14.8. The van der Waals surface area contributed by atoms with Crippen LogP contribution < -0.4 is 10.1 Å². The first-order chi connectivity index (χ1) is 10.2. The van der Waals surface area contributed by atoms with E-state index in [1.807, 2.05) is 22.6 Å². The number of rotatable bonds is 3. The van der Waals surface area contributed by atoms with Crippen LogP contribution in [0.3, 0.4) is 0 Å². The lowest BCUT2D eigenvalue weighted by Crippen LogP contribution is -2.21. The van der Waals surface area contributed by atoms with E-state index in [0.717, 1.165) is 0 Å². The molecular weight excluding hydrogens is 390 g/mol. The fourth-order valence-electron chi connectivity index (χ4n) is 2.23. The van der Waals surface area contributed by atoms with Crippen LogP contribution in [0.25, 0.3) is 0 Å². The number of hydrogen-bond acceptors (Lipinski definition) is 6. The van der Waals surface area contributed by atoms with E-state index in [9.17, 15) is 9.30 Å². The van der Waals surface area contributed by atoms with Crippen molar-refractivity contribution in [3.63, 3.8) is 0 Å². The van der Waals surface area contributed by atoms with Crippen LogP contribution >= 0.6 is 22.6 Å². The third-order valence-corrected chi connectivity index (χ3v) is 3.69. The Morgan fingerprint density at radius 3 is 3.14 bits per heavy atom. The second-order valence-corrected chi connectivity index (χ2v) is 5.42. The van der Waals surface area contributed by atoms with E-state index in [0.29, 0.717) is 28.2 Å². The number of halogens is 2. The molecular formula is C13H10FIN4O2. The van der Waals surface area contributed by atoms with E-state index in [1.54, 1.807) is 12.1 Å². The lowest BCUT2D eigenvalue weighted by molar-refractivity contribution is 0.260. The molecule has 1 aromatic heterocycles. The predicted molar refractivity (Wildman–Crippen MR) is 83.1 cm³/mol. The quantitative estimate of drug-likeness (QED) is 0.485. The Labute approximate surface area is 133 Å². The Morgan fingerprint density at radius 2 is 2.33 bits per heavy atom. The lowest BCUT2D eigenvalue weighted by atomic mass is 10.0. The first-order valence-electron chi connectivity index (χ1n) is 6.22. The molecule has 108 valence electrons. The third kappa shape index (κ3) is 2.80. The normalized spacial score (nSPS) is 16.8. The summed E-state index contributed by atoms with van der Waals surface area (Å²) in [6.45, 7) is 0.387. The van der Waals surface area contributed by atoms with Crippen molar-refractivity contribution < 1.29 is 9.13 Å². The molecule has 1 atom stereocenters. The van der Waals surface area contributed by atoms with Crippen LogP contribution in [-0.4, -0.2) is 16.6 Å². The van der Waals surface area contributed by atoms with Gasteiger partial charge in [-0.15, -0.1) is 4.91 Å². The van der Waals surface area contributed by atoms with Crippen LogP contribution in [0.4, 0.5) is 15.9 Å². The minimum Gasteiger partial charge on any atom is -0.490 e. The van der Waals surface area contributed by atoms with Gasteiger partial charge in [0.2, 0.25) is 0 Å².